The Morgan fingerprint density at radius 1 is 0.398 bits per heavy atom. The lowest BCUT2D eigenvalue weighted by molar-refractivity contribution is -0.586. The SMILES string of the molecule is C[C@H]1[C@H](OC(=O)CCC(=O)OC(OC(=O)CCC(=O)OC2O[C@@H]3O[C@]4(C)CC[C@H]5[C@H](C)CC[C@@](C)([C@H]2C)[C@@]35OO4)OC(=O)CCC(=O)O[C@@H]2O[C@@H]3O[C@]4(C)CC[C@H]5[C@H](C)CC[C@@H]([C@H]2C)[C@@]35OO4)O[C@@H]2O[C@]3(C)CC[C@H]4[C@H](C)CC[C@@H]1[C@@]24OO3. The monoisotopic (exact) mass is 1180 g/mol. The molecule has 464 valence electrons. The number of hydrogen-bond donors (Lipinski definition) is 0. The minimum absolute atomic E-state index is 0.0575. The smallest absolute Gasteiger partial charge is 0.412 e. The van der Waals surface area contributed by atoms with E-state index < -0.39 is 164 Å². The molecule has 0 radical (unpaired) electrons. The van der Waals surface area contributed by atoms with Crippen molar-refractivity contribution in [1.29, 1.82) is 0 Å². The van der Waals surface area contributed by atoms with Gasteiger partial charge in [-0.2, -0.15) is 0 Å². The molecule has 24 atom stereocenters. The topological polar surface area (TPSA) is 269 Å². The summed E-state index contributed by atoms with van der Waals surface area (Å²) in [5.74, 6) is -9.08. The van der Waals surface area contributed by atoms with Crippen LogP contribution in [0.1, 0.15) is 185 Å². The van der Waals surface area contributed by atoms with E-state index in [0.717, 1.165) is 57.8 Å². The fourth-order valence-corrected chi connectivity index (χ4v) is 17.1. The number of rotatable bonds is 15. The highest BCUT2D eigenvalue weighted by molar-refractivity contribution is 5.80. The molecule has 0 N–H and O–H groups in total. The van der Waals surface area contributed by atoms with E-state index in [1.54, 1.807) is 20.8 Å². The number of esters is 6. The molecule has 12 aliphatic heterocycles. The average molecular weight is 1180 g/mol. The van der Waals surface area contributed by atoms with Gasteiger partial charge in [0.2, 0.25) is 36.2 Å². The molecule has 3 saturated carbocycles. The molecule has 15 fully saturated rings. The van der Waals surface area contributed by atoms with Gasteiger partial charge in [-0.15, -0.1) is 0 Å². The maximum atomic E-state index is 13.6. The van der Waals surface area contributed by atoms with Gasteiger partial charge in [0.1, 0.15) is 0 Å². The van der Waals surface area contributed by atoms with Crippen molar-refractivity contribution in [3.63, 3.8) is 0 Å². The molecule has 83 heavy (non-hydrogen) atoms. The maximum Gasteiger partial charge on any atom is 0.412 e. The first-order valence-corrected chi connectivity index (χ1v) is 30.6. The van der Waals surface area contributed by atoms with Gasteiger partial charge in [-0.1, -0.05) is 48.5 Å². The molecule has 3 spiro atoms. The van der Waals surface area contributed by atoms with Crippen molar-refractivity contribution >= 4 is 35.8 Å². The number of carbonyl (C=O) groups is 6. The van der Waals surface area contributed by atoms with Crippen LogP contribution in [-0.4, -0.2) is 114 Å². The van der Waals surface area contributed by atoms with Gasteiger partial charge < -0.3 is 56.8 Å². The summed E-state index contributed by atoms with van der Waals surface area (Å²) in [6.45, 7) is 17.5. The highest BCUT2D eigenvalue weighted by atomic mass is 17.3. The molecule has 0 aromatic carbocycles. The highest BCUT2D eigenvalue weighted by Crippen LogP contribution is 2.67. The van der Waals surface area contributed by atoms with Crippen LogP contribution < -0.4 is 0 Å². The summed E-state index contributed by atoms with van der Waals surface area (Å²) in [5, 5.41) is 0. The number of ether oxygens (including phenoxy) is 12. The van der Waals surface area contributed by atoms with Crippen LogP contribution in [0.25, 0.3) is 0 Å². The van der Waals surface area contributed by atoms with Gasteiger partial charge in [-0.3, -0.25) is 28.8 Å². The zero-order chi connectivity index (χ0) is 58.8. The molecule has 15 aliphatic rings. The van der Waals surface area contributed by atoms with E-state index in [4.69, 9.17) is 86.2 Å². The largest absolute Gasteiger partial charge is 0.435 e. The predicted molar refractivity (Wildman–Crippen MR) is 273 cm³/mol. The molecule has 0 aromatic rings. The third-order valence-electron chi connectivity index (χ3n) is 22.1. The minimum Gasteiger partial charge on any atom is -0.435 e. The molecule has 3 aliphatic carbocycles. The second kappa shape index (κ2) is 21.9. The first kappa shape index (κ1) is 59.7. The summed E-state index contributed by atoms with van der Waals surface area (Å²) in [4.78, 5) is 118. The van der Waals surface area contributed by atoms with Gasteiger partial charge in [0.15, 0.2) is 35.7 Å². The first-order chi connectivity index (χ1) is 39.3. The maximum absolute atomic E-state index is 13.6. The van der Waals surface area contributed by atoms with Crippen molar-refractivity contribution in [2.24, 2.45) is 70.5 Å². The Kier molecular flexibility index (Phi) is 15.7. The first-order valence-electron chi connectivity index (χ1n) is 30.6. The van der Waals surface area contributed by atoms with Crippen LogP contribution >= 0.6 is 0 Å². The van der Waals surface area contributed by atoms with Crippen molar-refractivity contribution in [1.82, 2.24) is 0 Å². The van der Waals surface area contributed by atoms with E-state index in [-0.39, 0.29) is 41.4 Å². The summed E-state index contributed by atoms with van der Waals surface area (Å²) in [5.41, 5.74) is -3.32. The van der Waals surface area contributed by atoms with Crippen LogP contribution in [0.5, 0.6) is 0 Å². The Morgan fingerprint density at radius 3 is 1.23 bits per heavy atom. The average Bonchev–Trinajstić information content (AvgIpc) is 1.77. The third-order valence-corrected chi connectivity index (χ3v) is 22.1. The Bertz CT molecular complexity index is 2420. The van der Waals surface area contributed by atoms with E-state index >= 15 is 0 Å². The lowest BCUT2D eigenvalue weighted by atomic mass is 9.50. The van der Waals surface area contributed by atoms with Gasteiger partial charge in [0.25, 0.3) is 0 Å². The van der Waals surface area contributed by atoms with E-state index in [2.05, 4.69) is 27.7 Å². The van der Waals surface area contributed by atoms with Crippen LogP contribution in [-0.2, 0) is 115 Å². The standard InChI is InChI=1S/C59H84O24/c1-29-11-13-38-32(4)46(72-49-57(38)35(29)22-26-54(8,75-49)78-81-57)66-40(60)15-18-43(63)69-52(70-44(64)19-16-41(61)67-47-33(5)39-14-12-30(2)36-23-27-55(9)76-50(73-47)58(36,39)82-79-55)71-45(65)20-17-42(62)68-48-34(6)53(7)25-21-31(3)37-24-28-56(10)77-51(74-48)59(37,53)83-80-56/h29-39,46-52H,11-28H2,1-10H3/t29-,30-,31-,32-,33-,34+,35+,36+,37+,38+,39+,46-,47-,48?,49-,50-,51-,53+,54+,55+,56+,57-,58-,59+/m1/s1. The molecule has 15 rings (SSSR count). The van der Waals surface area contributed by atoms with Crippen molar-refractivity contribution in [3.05, 3.63) is 0 Å². The lowest BCUT2D eigenvalue weighted by Crippen LogP contribution is -2.74. The van der Waals surface area contributed by atoms with Crippen molar-refractivity contribution in [3.8, 4) is 0 Å². The van der Waals surface area contributed by atoms with E-state index in [1.165, 1.54) is 0 Å². The molecule has 6 bridgehead atoms. The van der Waals surface area contributed by atoms with Crippen LogP contribution in [0.15, 0.2) is 0 Å². The lowest BCUT2D eigenvalue weighted by Gasteiger charge is -2.65. The molecule has 24 heteroatoms. The summed E-state index contributed by atoms with van der Waals surface area (Å²) in [7, 11) is 0. The summed E-state index contributed by atoms with van der Waals surface area (Å²) in [6, 6.07) is 0. The quantitative estimate of drug-likeness (QED) is 0.0652. The Morgan fingerprint density at radius 2 is 0.771 bits per heavy atom. The second-order valence-electron chi connectivity index (χ2n) is 27.2. The fraction of sp³-hybridized carbons (Fsp3) is 0.898. The Hall–Kier alpha value is -3.66. The molecule has 0 amide bonds. The van der Waals surface area contributed by atoms with Gasteiger partial charge in [-0.25, -0.2) is 29.3 Å². The van der Waals surface area contributed by atoms with Crippen LogP contribution in [0, 0.1) is 70.5 Å². The molecule has 0 aromatic heterocycles. The zero-order valence-corrected chi connectivity index (χ0v) is 49.4. The van der Waals surface area contributed by atoms with Gasteiger partial charge in [-0.05, 0) is 114 Å². The van der Waals surface area contributed by atoms with Crippen molar-refractivity contribution in [2.45, 2.75) is 263 Å². The normalized spacial score (nSPS) is 49.2. The Labute approximate surface area is 483 Å². The molecule has 1 unspecified atom stereocenters. The molecular formula is C59H84O24. The van der Waals surface area contributed by atoms with E-state index in [0.29, 0.717) is 37.0 Å². The molecule has 12 heterocycles. The van der Waals surface area contributed by atoms with E-state index in [9.17, 15) is 28.8 Å². The number of fused-ring (bicyclic) bond motifs is 6. The van der Waals surface area contributed by atoms with Crippen LogP contribution in [0.2, 0.25) is 0 Å². The van der Waals surface area contributed by atoms with Gasteiger partial charge >= 0.3 is 42.3 Å². The van der Waals surface area contributed by atoms with Crippen LogP contribution in [0.4, 0.5) is 0 Å². The second-order valence-corrected chi connectivity index (χ2v) is 27.2. The molecule has 24 nitrogen and oxygen atoms in total. The van der Waals surface area contributed by atoms with Crippen molar-refractivity contribution < 1.29 is 115 Å². The van der Waals surface area contributed by atoms with E-state index in [1.807, 2.05) is 20.8 Å². The summed E-state index contributed by atoms with van der Waals surface area (Å²) < 4.78 is 72.1. The number of hydrogen-bond acceptors (Lipinski definition) is 24. The summed E-state index contributed by atoms with van der Waals surface area (Å²) >= 11 is 0. The molecule has 12 saturated heterocycles. The minimum atomic E-state index is -2.30. The zero-order valence-electron chi connectivity index (χ0n) is 49.4. The number of carbonyl (C=O) groups excluding carboxylic acids is 6. The fourth-order valence-electron chi connectivity index (χ4n) is 17.1. The van der Waals surface area contributed by atoms with Crippen molar-refractivity contribution in [2.75, 3.05) is 0 Å². The van der Waals surface area contributed by atoms with Gasteiger partial charge in [0, 0.05) is 54.3 Å². The Balaban J connectivity index is 0.672. The summed E-state index contributed by atoms with van der Waals surface area (Å²) in [6.07, 6.45) is 0.0738. The predicted octanol–water partition coefficient (Wildman–Crippen LogP) is 7.88. The van der Waals surface area contributed by atoms with Gasteiger partial charge in [0.05, 0.1) is 38.5 Å². The highest BCUT2D eigenvalue weighted by Gasteiger charge is 2.76. The van der Waals surface area contributed by atoms with Crippen LogP contribution in [0.3, 0.4) is 0 Å². The third kappa shape index (κ3) is 10.1. The molecular weight excluding hydrogens is 1090 g/mol.